The number of anilines is 3. The van der Waals surface area contributed by atoms with E-state index in [1.165, 1.54) is 19.3 Å². The third-order valence-corrected chi connectivity index (χ3v) is 4.41. The second kappa shape index (κ2) is 7.13. The number of aryl methyl sites for hydroxylation is 1. The molecule has 7 nitrogen and oxygen atoms in total. The van der Waals surface area contributed by atoms with Crippen LogP contribution in [0.5, 0.6) is 0 Å². The highest BCUT2D eigenvalue weighted by Crippen LogP contribution is 2.31. The van der Waals surface area contributed by atoms with Gasteiger partial charge in [0.05, 0.1) is 16.8 Å². The van der Waals surface area contributed by atoms with Crippen molar-refractivity contribution in [2.24, 2.45) is 5.92 Å². The number of aromatic nitrogens is 5. The highest BCUT2D eigenvalue weighted by Gasteiger charge is 2.17. The first-order valence-corrected chi connectivity index (χ1v) is 8.91. The van der Waals surface area contributed by atoms with Crippen molar-refractivity contribution in [2.75, 3.05) is 11.1 Å². The second-order valence-electron chi connectivity index (χ2n) is 6.85. The highest BCUT2D eigenvalue weighted by atomic mass is 15.3. The summed E-state index contributed by atoms with van der Waals surface area (Å²) in [5.41, 5.74) is 8.41. The molecule has 1 fully saturated rings. The van der Waals surface area contributed by atoms with Gasteiger partial charge in [0.2, 0.25) is 5.95 Å². The molecule has 3 aromatic heterocycles. The van der Waals surface area contributed by atoms with Gasteiger partial charge in [-0.15, -0.1) is 0 Å². The van der Waals surface area contributed by atoms with Gasteiger partial charge in [0.25, 0.3) is 0 Å². The van der Waals surface area contributed by atoms with Crippen LogP contribution in [0.4, 0.5) is 17.5 Å². The average Bonchev–Trinajstić information content (AvgIpc) is 3.18. The summed E-state index contributed by atoms with van der Waals surface area (Å²) in [6, 6.07) is 2.16. The van der Waals surface area contributed by atoms with Crippen LogP contribution in [0.3, 0.4) is 0 Å². The smallest absolute Gasteiger partial charge is 0.231 e. The number of rotatable bonds is 4. The Hall–Kier alpha value is -2.57. The van der Waals surface area contributed by atoms with Crippen molar-refractivity contribution in [1.82, 2.24) is 24.7 Å². The Kier molecular flexibility index (Phi) is 4.92. The van der Waals surface area contributed by atoms with Crippen LogP contribution in [-0.4, -0.2) is 24.7 Å². The number of H-pyrrole nitrogens is 1. The van der Waals surface area contributed by atoms with Gasteiger partial charge in [-0.1, -0.05) is 26.2 Å². The number of aromatic amines is 1. The SMILES string of the molecule is CCC1CC1.Cc1nn(C(C)C)cc1Nc1nc(N)c2cc[nH]c2n1. The maximum absolute atomic E-state index is 5.91. The van der Waals surface area contributed by atoms with Gasteiger partial charge >= 0.3 is 0 Å². The molecule has 1 aliphatic carbocycles. The summed E-state index contributed by atoms with van der Waals surface area (Å²) in [4.78, 5) is 11.7. The lowest BCUT2D eigenvalue weighted by molar-refractivity contribution is 0.529. The quantitative estimate of drug-likeness (QED) is 0.661. The molecule has 7 heteroatoms. The molecule has 4 N–H and O–H groups in total. The zero-order chi connectivity index (χ0) is 18.0. The van der Waals surface area contributed by atoms with Crippen LogP contribution in [0.15, 0.2) is 18.5 Å². The largest absolute Gasteiger partial charge is 0.383 e. The van der Waals surface area contributed by atoms with Crippen molar-refractivity contribution >= 4 is 28.5 Å². The molecular formula is C18H27N7. The van der Waals surface area contributed by atoms with Gasteiger partial charge in [0, 0.05) is 18.4 Å². The molecule has 0 unspecified atom stereocenters. The number of hydrogen-bond donors (Lipinski definition) is 3. The van der Waals surface area contributed by atoms with Crippen LogP contribution in [0.1, 0.15) is 51.8 Å². The lowest BCUT2D eigenvalue weighted by atomic mass is 10.3. The van der Waals surface area contributed by atoms with Gasteiger partial charge in [-0.3, -0.25) is 4.68 Å². The predicted molar refractivity (Wildman–Crippen MR) is 102 cm³/mol. The van der Waals surface area contributed by atoms with E-state index >= 15 is 0 Å². The third kappa shape index (κ3) is 4.10. The summed E-state index contributed by atoms with van der Waals surface area (Å²) in [5.74, 6) is 2.05. The summed E-state index contributed by atoms with van der Waals surface area (Å²) in [6.45, 7) is 8.36. The molecule has 0 saturated heterocycles. The number of hydrogen-bond acceptors (Lipinski definition) is 5. The van der Waals surface area contributed by atoms with Crippen molar-refractivity contribution in [3.8, 4) is 0 Å². The Balaban J connectivity index is 0.000000314. The predicted octanol–water partition coefficient (Wildman–Crippen LogP) is 4.18. The van der Waals surface area contributed by atoms with Gasteiger partial charge in [0.1, 0.15) is 11.5 Å². The highest BCUT2D eigenvalue weighted by molar-refractivity contribution is 5.87. The Morgan fingerprint density at radius 3 is 2.68 bits per heavy atom. The molecule has 0 bridgehead atoms. The van der Waals surface area contributed by atoms with Crippen LogP contribution in [0, 0.1) is 12.8 Å². The molecule has 0 aliphatic heterocycles. The zero-order valence-corrected chi connectivity index (χ0v) is 15.4. The molecule has 0 atom stereocenters. The fourth-order valence-electron chi connectivity index (χ4n) is 2.54. The minimum absolute atomic E-state index is 0.307. The normalized spacial score (nSPS) is 13.8. The van der Waals surface area contributed by atoms with E-state index in [2.05, 4.69) is 46.1 Å². The van der Waals surface area contributed by atoms with E-state index < -0.39 is 0 Å². The molecule has 4 rings (SSSR count). The van der Waals surface area contributed by atoms with Crippen LogP contribution in [0.25, 0.3) is 11.0 Å². The molecule has 134 valence electrons. The minimum Gasteiger partial charge on any atom is -0.383 e. The molecule has 0 aromatic carbocycles. The van der Waals surface area contributed by atoms with E-state index in [-0.39, 0.29) is 0 Å². The Labute approximate surface area is 148 Å². The number of nitrogens with zero attached hydrogens (tertiary/aromatic N) is 4. The second-order valence-corrected chi connectivity index (χ2v) is 6.85. The third-order valence-electron chi connectivity index (χ3n) is 4.41. The molecule has 0 amide bonds. The fraction of sp³-hybridized carbons (Fsp3) is 0.500. The number of fused-ring (bicyclic) bond motifs is 1. The van der Waals surface area contributed by atoms with E-state index in [4.69, 9.17) is 5.73 Å². The maximum Gasteiger partial charge on any atom is 0.231 e. The van der Waals surface area contributed by atoms with Crippen molar-refractivity contribution in [2.45, 2.75) is 53.0 Å². The maximum atomic E-state index is 5.91. The molecule has 0 spiro atoms. The first-order valence-electron chi connectivity index (χ1n) is 8.91. The van der Waals surface area contributed by atoms with Crippen LogP contribution < -0.4 is 11.1 Å². The number of nitrogens with one attached hydrogen (secondary N) is 2. The Bertz CT molecular complexity index is 842. The molecule has 25 heavy (non-hydrogen) atoms. The zero-order valence-electron chi connectivity index (χ0n) is 15.4. The van der Waals surface area contributed by atoms with Crippen molar-refractivity contribution < 1.29 is 0 Å². The van der Waals surface area contributed by atoms with Gasteiger partial charge in [-0.05, 0) is 32.8 Å². The van der Waals surface area contributed by atoms with Gasteiger partial charge in [-0.25, -0.2) is 0 Å². The number of nitrogens with two attached hydrogens (primary N) is 1. The van der Waals surface area contributed by atoms with Crippen molar-refractivity contribution in [3.05, 3.63) is 24.2 Å². The molecular weight excluding hydrogens is 314 g/mol. The van der Waals surface area contributed by atoms with Crippen molar-refractivity contribution in [3.63, 3.8) is 0 Å². The topological polar surface area (TPSA) is 97.4 Å². The van der Waals surface area contributed by atoms with E-state index in [0.29, 0.717) is 23.5 Å². The summed E-state index contributed by atoms with van der Waals surface area (Å²) in [7, 11) is 0. The molecule has 3 heterocycles. The minimum atomic E-state index is 0.307. The fourth-order valence-corrected chi connectivity index (χ4v) is 2.54. The first kappa shape index (κ1) is 17.3. The average molecular weight is 341 g/mol. The summed E-state index contributed by atoms with van der Waals surface area (Å²) in [6.07, 6.45) is 8.17. The summed E-state index contributed by atoms with van der Waals surface area (Å²) < 4.78 is 1.90. The van der Waals surface area contributed by atoms with E-state index in [1.807, 2.05) is 23.9 Å². The summed E-state index contributed by atoms with van der Waals surface area (Å²) >= 11 is 0. The Morgan fingerprint density at radius 1 is 1.36 bits per heavy atom. The summed E-state index contributed by atoms with van der Waals surface area (Å²) in [5, 5.41) is 8.43. The van der Waals surface area contributed by atoms with E-state index in [0.717, 1.165) is 22.7 Å². The van der Waals surface area contributed by atoms with Crippen LogP contribution in [-0.2, 0) is 0 Å². The molecule has 1 saturated carbocycles. The van der Waals surface area contributed by atoms with Crippen LogP contribution >= 0.6 is 0 Å². The Morgan fingerprint density at radius 2 is 2.12 bits per heavy atom. The molecule has 0 radical (unpaired) electrons. The van der Waals surface area contributed by atoms with Gasteiger partial charge in [0.15, 0.2) is 0 Å². The lowest BCUT2D eigenvalue weighted by Crippen LogP contribution is -2.01. The monoisotopic (exact) mass is 341 g/mol. The standard InChI is InChI=1S/C13H17N7.C5H10/c1-7(2)20-6-10(8(3)19-20)16-13-17-11(14)9-4-5-15-12(9)18-13;1-2-5-3-4-5/h4-7H,1-3H3,(H4,14,15,16,17,18);5H,2-4H2,1H3. The number of nitrogen functional groups attached to an aromatic ring is 1. The first-order chi connectivity index (χ1) is 12.0. The van der Waals surface area contributed by atoms with Gasteiger partial charge < -0.3 is 16.0 Å². The molecule has 3 aromatic rings. The van der Waals surface area contributed by atoms with Crippen molar-refractivity contribution in [1.29, 1.82) is 0 Å². The van der Waals surface area contributed by atoms with E-state index in [1.54, 1.807) is 6.20 Å². The van der Waals surface area contributed by atoms with Crippen LogP contribution in [0.2, 0.25) is 0 Å². The van der Waals surface area contributed by atoms with E-state index in [9.17, 15) is 0 Å². The lowest BCUT2D eigenvalue weighted by Gasteiger charge is -2.05. The van der Waals surface area contributed by atoms with Gasteiger partial charge in [-0.2, -0.15) is 15.1 Å². The molecule has 1 aliphatic rings.